The largest absolute Gasteiger partial charge is 0.496 e. The molecule has 3 aromatic rings. The topological polar surface area (TPSA) is 65.4 Å². The zero-order chi connectivity index (χ0) is 22.4. The fourth-order valence-corrected chi connectivity index (χ4v) is 3.52. The third-order valence-electron chi connectivity index (χ3n) is 5.01. The smallest absolute Gasteiger partial charge is 0.251 e. The quantitative estimate of drug-likeness (QED) is 0.434. The van der Waals surface area contributed by atoms with Crippen LogP contribution in [0.2, 0.25) is 0 Å². The van der Waals surface area contributed by atoms with Gasteiger partial charge >= 0.3 is 0 Å². The Morgan fingerprint density at radius 3 is 2.65 bits per heavy atom. The number of hydrogen-bond donors (Lipinski definition) is 1. The van der Waals surface area contributed by atoms with Gasteiger partial charge in [-0.15, -0.1) is 0 Å². The van der Waals surface area contributed by atoms with Crippen LogP contribution in [0.5, 0.6) is 11.5 Å². The molecule has 1 heterocycles. The van der Waals surface area contributed by atoms with Crippen LogP contribution in [0.3, 0.4) is 0 Å². The molecule has 0 radical (unpaired) electrons. The minimum absolute atomic E-state index is 0.117. The highest BCUT2D eigenvalue weighted by Gasteiger charge is 2.12. The van der Waals surface area contributed by atoms with Crippen molar-refractivity contribution in [2.45, 2.75) is 40.3 Å². The molecule has 0 aliphatic rings. The Kier molecular flexibility index (Phi) is 7.74. The van der Waals surface area contributed by atoms with E-state index in [-0.39, 0.29) is 5.91 Å². The van der Waals surface area contributed by atoms with Crippen LogP contribution in [0, 0.1) is 20.8 Å². The van der Waals surface area contributed by atoms with E-state index in [1.54, 1.807) is 19.2 Å². The van der Waals surface area contributed by atoms with Gasteiger partial charge in [-0.2, -0.15) is 5.10 Å². The highest BCUT2D eigenvalue weighted by molar-refractivity contribution is 9.10. The Morgan fingerprint density at radius 1 is 1.13 bits per heavy atom. The normalized spacial score (nSPS) is 10.7. The van der Waals surface area contributed by atoms with Crippen LogP contribution >= 0.6 is 15.9 Å². The van der Waals surface area contributed by atoms with Crippen molar-refractivity contribution >= 4 is 21.8 Å². The highest BCUT2D eigenvalue weighted by Crippen LogP contribution is 2.25. The Morgan fingerprint density at radius 2 is 1.94 bits per heavy atom. The summed E-state index contributed by atoms with van der Waals surface area (Å²) in [6.45, 7) is 7.62. The van der Waals surface area contributed by atoms with E-state index < -0.39 is 0 Å². The summed E-state index contributed by atoms with van der Waals surface area (Å²) >= 11 is 3.46. The lowest BCUT2D eigenvalue weighted by Gasteiger charge is -2.14. The zero-order valence-corrected chi connectivity index (χ0v) is 20.0. The first kappa shape index (κ1) is 22.9. The van der Waals surface area contributed by atoms with Crippen LogP contribution in [0.15, 0.2) is 47.1 Å². The minimum atomic E-state index is -0.117. The van der Waals surface area contributed by atoms with E-state index in [4.69, 9.17) is 9.47 Å². The molecule has 0 saturated heterocycles. The Labute approximate surface area is 191 Å². The Balaban J connectivity index is 1.59. The van der Waals surface area contributed by atoms with E-state index in [2.05, 4.69) is 32.4 Å². The fourth-order valence-electron chi connectivity index (χ4n) is 3.20. The van der Waals surface area contributed by atoms with E-state index in [1.165, 1.54) is 0 Å². The van der Waals surface area contributed by atoms with E-state index in [1.807, 2.05) is 49.8 Å². The van der Waals surface area contributed by atoms with Gasteiger partial charge in [0.25, 0.3) is 5.91 Å². The van der Waals surface area contributed by atoms with Gasteiger partial charge < -0.3 is 14.8 Å². The average Bonchev–Trinajstić information content (AvgIpc) is 3.08. The van der Waals surface area contributed by atoms with Crippen molar-refractivity contribution in [2.75, 3.05) is 13.7 Å². The number of aromatic nitrogens is 2. The van der Waals surface area contributed by atoms with Crippen LogP contribution in [-0.2, 0) is 13.2 Å². The van der Waals surface area contributed by atoms with Crippen molar-refractivity contribution in [3.8, 4) is 11.5 Å². The molecule has 0 spiro atoms. The summed E-state index contributed by atoms with van der Waals surface area (Å²) in [6, 6.07) is 11.5. The van der Waals surface area contributed by atoms with Gasteiger partial charge in [-0.1, -0.05) is 12.1 Å². The molecule has 7 heteroatoms. The Bertz CT molecular complexity index is 1040. The number of halogens is 1. The van der Waals surface area contributed by atoms with E-state index >= 15 is 0 Å². The van der Waals surface area contributed by atoms with Crippen molar-refractivity contribution in [1.82, 2.24) is 15.1 Å². The molecule has 3 rings (SSSR count). The van der Waals surface area contributed by atoms with Crippen molar-refractivity contribution in [2.24, 2.45) is 0 Å². The maximum Gasteiger partial charge on any atom is 0.251 e. The van der Waals surface area contributed by atoms with Gasteiger partial charge in [0.1, 0.15) is 18.1 Å². The van der Waals surface area contributed by atoms with Crippen LogP contribution in [-0.4, -0.2) is 29.3 Å². The minimum Gasteiger partial charge on any atom is -0.496 e. The molecule has 164 valence electrons. The molecular weight excluding hydrogens is 458 g/mol. The number of amides is 1. The third kappa shape index (κ3) is 6.10. The number of nitrogens with zero attached hydrogens (tertiary/aromatic N) is 2. The number of benzene rings is 2. The van der Waals surface area contributed by atoms with Gasteiger partial charge in [-0.3, -0.25) is 9.48 Å². The van der Waals surface area contributed by atoms with E-state index in [9.17, 15) is 4.79 Å². The first-order valence-electron chi connectivity index (χ1n) is 10.2. The molecule has 0 aliphatic heterocycles. The summed E-state index contributed by atoms with van der Waals surface area (Å²) < 4.78 is 14.3. The van der Waals surface area contributed by atoms with E-state index in [0.29, 0.717) is 24.5 Å². The second-order valence-corrected chi connectivity index (χ2v) is 8.37. The molecular formula is C24H28BrN3O3. The molecule has 0 fully saturated rings. The lowest BCUT2D eigenvalue weighted by Crippen LogP contribution is -2.25. The molecule has 31 heavy (non-hydrogen) atoms. The first-order valence-corrected chi connectivity index (χ1v) is 11.0. The number of methoxy groups -OCH3 is 1. The maximum absolute atomic E-state index is 12.6. The maximum atomic E-state index is 12.6. The summed E-state index contributed by atoms with van der Waals surface area (Å²) in [5, 5.41) is 7.37. The number of hydrogen-bond acceptors (Lipinski definition) is 4. The Hall–Kier alpha value is -2.80. The highest BCUT2D eigenvalue weighted by atomic mass is 79.9. The monoisotopic (exact) mass is 485 g/mol. The zero-order valence-electron chi connectivity index (χ0n) is 18.4. The summed E-state index contributed by atoms with van der Waals surface area (Å²) in [6.07, 6.45) is 2.74. The summed E-state index contributed by atoms with van der Waals surface area (Å²) in [7, 11) is 1.62. The number of aryl methyl sites for hydroxylation is 4. The van der Waals surface area contributed by atoms with Crippen LogP contribution in [0.1, 0.15) is 39.2 Å². The standard InChI is InChI=1S/C24H28BrN3O3/c1-16-6-7-17(2)23(12-16)31-15-20-13-19(8-9-22(20)30-4)24(29)26-10-5-11-28-14-21(25)18(3)27-28/h6-9,12-14H,5,10-11,15H2,1-4H3,(H,26,29). The molecule has 1 N–H and O–H groups in total. The van der Waals surface area contributed by atoms with Crippen molar-refractivity contribution in [3.05, 3.63) is 75.0 Å². The van der Waals surface area contributed by atoms with Crippen molar-refractivity contribution in [3.63, 3.8) is 0 Å². The SMILES string of the molecule is COc1ccc(C(=O)NCCCn2cc(Br)c(C)n2)cc1COc1cc(C)ccc1C. The number of nitrogens with one attached hydrogen (secondary N) is 1. The predicted octanol–water partition coefficient (Wildman–Crippen LogP) is 4.98. The van der Waals surface area contributed by atoms with Crippen LogP contribution in [0.4, 0.5) is 0 Å². The van der Waals surface area contributed by atoms with Crippen LogP contribution < -0.4 is 14.8 Å². The number of rotatable bonds is 9. The molecule has 0 aliphatic carbocycles. The van der Waals surface area contributed by atoms with Gasteiger partial charge in [0.05, 0.1) is 17.3 Å². The second-order valence-electron chi connectivity index (χ2n) is 7.52. The third-order valence-corrected chi connectivity index (χ3v) is 5.78. The molecule has 2 aromatic carbocycles. The van der Waals surface area contributed by atoms with Gasteiger partial charge in [-0.05, 0) is 78.5 Å². The van der Waals surface area contributed by atoms with Gasteiger partial charge in [0.15, 0.2) is 0 Å². The summed E-state index contributed by atoms with van der Waals surface area (Å²) in [4.78, 5) is 12.6. The molecule has 0 atom stereocenters. The molecule has 1 aromatic heterocycles. The second kappa shape index (κ2) is 10.5. The van der Waals surface area contributed by atoms with Crippen LogP contribution in [0.25, 0.3) is 0 Å². The van der Waals surface area contributed by atoms with Crippen molar-refractivity contribution < 1.29 is 14.3 Å². The summed E-state index contributed by atoms with van der Waals surface area (Å²) in [5.41, 5.74) is 4.57. The fraction of sp³-hybridized carbons (Fsp3) is 0.333. The first-order chi connectivity index (χ1) is 14.9. The summed E-state index contributed by atoms with van der Waals surface area (Å²) in [5.74, 6) is 1.41. The number of carbonyl (C=O) groups is 1. The number of carbonyl (C=O) groups excluding carboxylic acids is 1. The predicted molar refractivity (Wildman–Crippen MR) is 125 cm³/mol. The molecule has 1 amide bonds. The lowest BCUT2D eigenvalue weighted by atomic mass is 10.1. The van der Waals surface area contributed by atoms with Gasteiger partial charge in [0.2, 0.25) is 0 Å². The van der Waals surface area contributed by atoms with Gasteiger partial charge in [-0.25, -0.2) is 0 Å². The molecule has 0 saturated carbocycles. The van der Waals surface area contributed by atoms with Crippen molar-refractivity contribution in [1.29, 1.82) is 0 Å². The molecule has 6 nitrogen and oxygen atoms in total. The number of ether oxygens (including phenoxy) is 2. The lowest BCUT2D eigenvalue weighted by molar-refractivity contribution is 0.0952. The molecule has 0 bridgehead atoms. The molecule has 0 unspecified atom stereocenters. The van der Waals surface area contributed by atoms with E-state index in [0.717, 1.165) is 45.6 Å². The van der Waals surface area contributed by atoms with Gasteiger partial charge in [0, 0.05) is 30.4 Å². The average molecular weight is 486 g/mol.